The molecule has 0 aliphatic carbocycles. The fourth-order valence-corrected chi connectivity index (χ4v) is 5.81. The van der Waals surface area contributed by atoms with E-state index in [-0.39, 0.29) is 16.8 Å². The van der Waals surface area contributed by atoms with Gasteiger partial charge in [0.25, 0.3) is 0 Å². The van der Waals surface area contributed by atoms with Crippen molar-refractivity contribution in [2.75, 3.05) is 19.6 Å². The molecule has 1 amide bonds. The lowest BCUT2D eigenvalue weighted by molar-refractivity contribution is -0.128. The van der Waals surface area contributed by atoms with Crippen LogP contribution in [0.1, 0.15) is 24.6 Å². The quantitative estimate of drug-likeness (QED) is 0.596. The van der Waals surface area contributed by atoms with Crippen molar-refractivity contribution in [2.45, 2.75) is 30.3 Å². The second kappa shape index (κ2) is 6.57. The Kier molecular flexibility index (Phi) is 4.14. The van der Waals surface area contributed by atoms with Crippen LogP contribution in [0.2, 0.25) is 0 Å². The minimum atomic E-state index is -3.64. The summed E-state index contributed by atoms with van der Waals surface area (Å²) < 4.78 is 37.2. The molecule has 0 radical (unpaired) electrons. The van der Waals surface area contributed by atoms with E-state index in [1.807, 2.05) is 0 Å². The van der Waals surface area contributed by atoms with Crippen LogP contribution < -0.4 is 0 Å². The van der Waals surface area contributed by atoms with Gasteiger partial charge < -0.3 is 4.90 Å². The first-order chi connectivity index (χ1) is 13.5. The van der Waals surface area contributed by atoms with Gasteiger partial charge in [-0.1, -0.05) is 11.3 Å². The Balaban J connectivity index is 1.28. The molecule has 2 aliphatic heterocycles. The van der Waals surface area contributed by atoms with Gasteiger partial charge in [-0.25, -0.2) is 13.1 Å². The number of nitrogens with zero attached hydrogens (tertiary/aromatic N) is 7. The second-order valence-electron chi connectivity index (χ2n) is 6.97. The van der Waals surface area contributed by atoms with Gasteiger partial charge in [0.1, 0.15) is 21.6 Å². The molecule has 0 spiro atoms. The summed E-state index contributed by atoms with van der Waals surface area (Å²) in [6.07, 6.45) is 3.26. The molecule has 28 heavy (non-hydrogen) atoms. The third-order valence-electron chi connectivity index (χ3n) is 5.15. The molecule has 1 aromatic carbocycles. The number of amides is 1. The normalized spacial score (nSPS) is 18.9. The molecular weight excluding hydrogens is 402 g/mol. The number of likely N-dealkylation sites (tertiary alicyclic amines) is 1. The summed E-state index contributed by atoms with van der Waals surface area (Å²) in [6.45, 7) is 1.84. The van der Waals surface area contributed by atoms with E-state index in [4.69, 9.17) is 0 Å². The third kappa shape index (κ3) is 2.88. The van der Waals surface area contributed by atoms with E-state index in [0.29, 0.717) is 37.1 Å². The maximum absolute atomic E-state index is 12.9. The molecule has 0 bridgehead atoms. The Hall–Kier alpha value is -2.44. The van der Waals surface area contributed by atoms with Crippen molar-refractivity contribution in [1.29, 1.82) is 0 Å². The fourth-order valence-electron chi connectivity index (χ4n) is 3.54. The lowest BCUT2D eigenvalue weighted by Gasteiger charge is -2.37. The van der Waals surface area contributed by atoms with Crippen LogP contribution in [0, 0.1) is 0 Å². The summed E-state index contributed by atoms with van der Waals surface area (Å²) in [5.74, 6) is 0.140. The van der Waals surface area contributed by atoms with E-state index in [2.05, 4.69) is 19.1 Å². The minimum Gasteiger partial charge on any atom is -0.337 e. The van der Waals surface area contributed by atoms with E-state index >= 15 is 0 Å². The minimum absolute atomic E-state index is 0.0712. The van der Waals surface area contributed by atoms with E-state index < -0.39 is 10.0 Å². The first-order valence-corrected chi connectivity index (χ1v) is 11.1. The molecule has 3 aromatic rings. The number of carbonyl (C=O) groups excluding carboxylic acids is 1. The van der Waals surface area contributed by atoms with Crippen LogP contribution in [0.3, 0.4) is 0 Å². The summed E-state index contributed by atoms with van der Waals surface area (Å²) in [5, 5.41) is 8.25. The Morgan fingerprint density at radius 2 is 2.07 bits per heavy atom. The zero-order chi connectivity index (χ0) is 19.3. The van der Waals surface area contributed by atoms with E-state index in [1.165, 1.54) is 4.31 Å². The van der Waals surface area contributed by atoms with Crippen molar-refractivity contribution in [1.82, 2.24) is 32.9 Å². The Morgan fingerprint density at radius 1 is 1.21 bits per heavy atom. The number of hydrogen-bond acceptors (Lipinski definition) is 8. The van der Waals surface area contributed by atoms with Crippen molar-refractivity contribution in [3.8, 4) is 0 Å². The van der Waals surface area contributed by atoms with Gasteiger partial charge in [0.15, 0.2) is 0 Å². The topological polar surface area (TPSA) is 114 Å². The number of hydrogen-bond donors (Lipinski definition) is 0. The van der Waals surface area contributed by atoms with Crippen molar-refractivity contribution >= 4 is 38.7 Å². The first-order valence-electron chi connectivity index (χ1n) is 8.92. The van der Waals surface area contributed by atoms with E-state index in [1.54, 1.807) is 34.0 Å². The van der Waals surface area contributed by atoms with Gasteiger partial charge in [-0.05, 0) is 18.6 Å². The zero-order valence-electron chi connectivity index (χ0n) is 14.8. The van der Waals surface area contributed by atoms with Crippen LogP contribution >= 0.6 is 11.7 Å². The summed E-state index contributed by atoms with van der Waals surface area (Å²) in [6, 6.07) is 4.92. The van der Waals surface area contributed by atoms with Gasteiger partial charge in [-0.2, -0.15) is 13.1 Å². The maximum Gasteiger partial charge on any atom is 0.245 e. The van der Waals surface area contributed by atoms with Gasteiger partial charge in [-0.15, -0.1) is 5.10 Å². The number of carbonyl (C=O) groups is 1. The third-order valence-corrected chi connectivity index (χ3v) is 7.56. The molecule has 2 fully saturated rings. The SMILES string of the molecule is O=C1CCCN1Cc1cn(C2CN(S(=O)(=O)c3cccc4nsnc34)C2)nn1. The van der Waals surface area contributed by atoms with Crippen LogP contribution in [-0.2, 0) is 21.4 Å². The molecule has 4 heterocycles. The summed E-state index contributed by atoms with van der Waals surface area (Å²) in [7, 11) is -3.64. The molecule has 0 atom stereocenters. The summed E-state index contributed by atoms with van der Waals surface area (Å²) in [5.41, 5.74) is 1.71. The maximum atomic E-state index is 12.9. The summed E-state index contributed by atoms with van der Waals surface area (Å²) >= 11 is 1.00. The largest absolute Gasteiger partial charge is 0.337 e. The average Bonchev–Trinajstić information content (AvgIpc) is 3.35. The number of rotatable bonds is 5. The van der Waals surface area contributed by atoms with Gasteiger partial charge in [0, 0.05) is 26.1 Å². The highest BCUT2D eigenvalue weighted by atomic mass is 32.2. The molecule has 10 nitrogen and oxygen atoms in total. The standard InChI is InChI=1S/C16H17N7O3S2/c24-15-5-2-6-21(15)7-11-8-23(20-17-11)12-9-22(10-12)28(25,26)14-4-1-3-13-16(14)19-27-18-13/h1,3-4,8,12H,2,5-7,9-10H2. The molecule has 0 N–H and O–H groups in total. The lowest BCUT2D eigenvalue weighted by Crippen LogP contribution is -2.50. The first kappa shape index (κ1) is 17.6. The van der Waals surface area contributed by atoms with Gasteiger partial charge in [-0.3, -0.25) is 4.79 Å². The Morgan fingerprint density at radius 3 is 2.86 bits per heavy atom. The zero-order valence-corrected chi connectivity index (χ0v) is 16.4. The van der Waals surface area contributed by atoms with Crippen molar-refractivity contribution in [2.24, 2.45) is 0 Å². The van der Waals surface area contributed by atoms with Crippen LogP contribution in [0.4, 0.5) is 0 Å². The van der Waals surface area contributed by atoms with Gasteiger partial charge >= 0.3 is 0 Å². The predicted molar refractivity (Wildman–Crippen MR) is 99.9 cm³/mol. The fraction of sp³-hybridized carbons (Fsp3) is 0.438. The average molecular weight is 419 g/mol. The highest BCUT2D eigenvalue weighted by molar-refractivity contribution is 7.89. The molecule has 0 saturated carbocycles. The monoisotopic (exact) mass is 419 g/mol. The lowest BCUT2D eigenvalue weighted by atomic mass is 10.2. The molecule has 0 unspecified atom stereocenters. The van der Waals surface area contributed by atoms with Crippen LogP contribution in [0.5, 0.6) is 0 Å². The molecule has 5 rings (SSSR count). The second-order valence-corrected chi connectivity index (χ2v) is 9.41. The highest BCUT2D eigenvalue weighted by Gasteiger charge is 2.39. The molecule has 2 aliphatic rings. The smallest absolute Gasteiger partial charge is 0.245 e. The number of aromatic nitrogens is 5. The highest BCUT2D eigenvalue weighted by Crippen LogP contribution is 2.31. The molecule has 12 heteroatoms. The van der Waals surface area contributed by atoms with Crippen LogP contribution in [-0.4, -0.2) is 66.9 Å². The van der Waals surface area contributed by atoms with Crippen molar-refractivity contribution < 1.29 is 13.2 Å². The van der Waals surface area contributed by atoms with Crippen molar-refractivity contribution in [3.63, 3.8) is 0 Å². The number of benzene rings is 1. The molecular formula is C16H17N7O3S2. The number of fused-ring (bicyclic) bond motifs is 1. The van der Waals surface area contributed by atoms with E-state index in [9.17, 15) is 13.2 Å². The Bertz CT molecular complexity index is 1150. The number of sulfonamides is 1. The Labute approximate surface area is 165 Å². The van der Waals surface area contributed by atoms with Gasteiger partial charge in [0.05, 0.1) is 30.5 Å². The van der Waals surface area contributed by atoms with Gasteiger partial charge in [0.2, 0.25) is 15.9 Å². The summed E-state index contributed by atoms with van der Waals surface area (Å²) in [4.78, 5) is 13.7. The van der Waals surface area contributed by atoms with Crippen molar-refractivity contribution in [3.05, 3.63) is 30.1 Å². The molecule has 2 saturated heterocycles. The molecule has 2 aromatic heterocycles. The van der Waals surface area contributed by atoms with E-state index in [0.717, 1.165) is 30.4 Å². The van der Waals surface area contributed by atoms with Crippen LogP contribution in [0.15, 0.2) is 29.3 Å². The molecule has 146 valence electrons. The predicted octanol–water partition coefficient (Wildman–Crippen LogP) is 0.651. The van der Waals surface area contributed by atoms with Crippen LogP contribution in [0.25, 0.3) is 11.0 Å².